The summed E-state index contributed by atoms with van der Waals surface area (Å²) in [7, 11) is 1.60. The van der Waals surface area contributed by atoms with E-state index in [1.54, 1.807) is 13.3 Å². The number of ether oxygens (including phenoxy) is 1. The number of nitrogens with one attached hydrogen (secondary N) is 1. The third kappa shape index (κ3) is 2.32. The number of amides is 1. The summed E-state index contributed by atoms with van der Waals surface area (Å²) < 4.78 is 5.00. The third-order valence-corrected chi connectivity index (χ3v) is 2.95. The van der Waals surface area contributed by atoms with Crippen molar-refractivity contribution in [2.24, 2.45) is 0 Å². The normalized spacial score (nSPS) is 24.2. The van der Waals surface area contributed by atoms with Crippen LogP contribution in [-0.2, 0) is 11.2 Å². The van der Waals surface area contributed by atoms with Crippen LogP contribution in [0.5, 0.6) is 5.88 Å². The van der Waals surface area contributed by atoms with E-state index in [-0.39, 0.29) is 11.4 Å². The summed E-state index contributed by atoms with van der Waals surface area (Å²) in [5.41, 5.74) is 0.998. The lowest BCUT2D eigenvalue weighted by Crippen LogP contribution is -2.40. The zero-order valence-corrected chi connectivity index (χ0v) is 9.62. The monoisotopic (exact) mass is 220 g/mol. The van der Waals surface area contributed by atoms with E-state index >= 15 is 0 Å². The second-order valence-electron chi connectivity index (χ2n) is 4.49. The van der Waals surface area contributed by atoms with E-state index in [9.17, 15) is 4.79 Å². The van der Waals surface area contributed by atoms with Crippen molar-refractivity contribution >= 4 is 5.91 Å². The number of aromatic nitrogens is 1. The van der Waals surface area contributed by atoms with Crippen LogP contribution in [0.4, 0.5) is 0 Å². The molecule has 0 bridgehead atoms. The minimum absolute atomic E-state index is 0.118. The number of pyridine rings is 1. The van der Waals surface area contributed by atoms with Gasteiger partial charge in [0, 0.05) is 24.2 Å². The van der Waals surface area contributed by atoms with Crippen LogP contribution in [-0.4, -0.2) is 23.5 Å². The van der Waals surface area contributed by atoms with Crippen LogP contribution in [0.2, 0.25) is 0 Å². The summed E-state index contributed by atoms with van der Waals surface area (Å²) in [6.07, 6.45) is 4.13. The Labute approximate surface area is 95.0 Å². The van der Waals surface area contributed by atoms with Crippen LogP contribution in [0.15, 0.2) is 18.3 Å². The van der Waals surface area contributed by atoms with Gasteiger partial charge in [-0.1, -0.05) is 6.07 Å². The fraction of sp³-hybridized carbons (Fsp3) is 0.500. The van der Waals surface area contributed by atoms with Crippen LogP contribution in [0.3, 0.4) is 0 Å². The average molecular weight is 220 g/mol. The second kappa shape index (κ2) is 4.12. The van der Waals surface area contributed by atoms with Crippen molar-refractivity contribution in [2.45, 2.75) is 31.7 Å². The lowest BCUT2D eigenvalue weighted by molar-refractivity contribution is -0.119. The molecule has 1 aromatic heterocycles. The first-order chi connectivity index (χ1) is 7.61. The van der Waals surface area contributed by atoms with Gasteiger partial charge in [-0.2, -0.15) is 0 Å². The van der Waals surface area contributed by atoms with E-state index in [1.165, 1.54) is 0 Å². The molecule has 4 nitrogen and oxygen atoms in total. The summed E-state index contributed by atoms with van der Waals surface area (Å²) in [6.45, 7) is 2.07. The first-order valence-corrected chi connectivity index (χ1v) is 5.41. The Hall–Kier alpha value is -1.58. The van der Waals surface area contributed by atoms with E-state index in [1.807, 2.05) is 12.1 Å². The molecule has 0 saturated carbocycles. The maximum Gasteiger partial charge on any atom is 0.220 e. The van der Waals surface area contributed by atoms with Crippen LogP contribution >= 0.6 is 0 Å². The molecule has 1 atom stereocenters. The smallest absolute Gasteiger partial charge is 0.220 e. The van der Waals surface area contributed by atoms with Crippen molar-refractivity contribution in [1.29, 1.82) is 0 Å². The minimum atomic E-state index is -0.118. The number of rotatable bonds is 3. The Morgan fingerprint density at radius 2 is 2.38 bits per heavy atom. The first kappa shape index (κ1) is 10.9. The van der Waals surface area contributed by atoms with Gasteiger partial charge < -0.3 is 10.1 Å². The van der Waals surface area contributed by atoms with E-state index in [2.05, 4.69) is 17.2 Å². The largest absolute Gasteiger partial charge is 0.481 e. The molecule has 2 heterocycles. The number of carbonyl (C=O) groups excluding carboxylic acids is 1. The lowest BCUT2D eigenvalue weighted by atomic mass is 9.92. The summed E-state index contributed by atoms with van der Waals surface area (Å²) in [6, 6.07) is 3.83. The highest BCUT2D eigenvalue weighted by Crippen LogP contribution is 2.24. The molecule has 1 aromatic rings. The SMILES string of the molecule is COc1ccc(CC2(C)CCC(=O)N2)cn1. The highest BCUT2D eigenvalue weighted by Gasteiger charge is 2.32. The third-order valence-electron chi connectivity index (χ3n) is 2.95. The quantitative estimate of drug-likeness (QED) is 0.835. The Morgan fingerprint density at radius 1 is 1.56 bits per heavy atom. The predicted molar refractivity (Wildman–Crippen MR) is 60.3 cm³/mol. The summed E-state index contributed by atoms with van der Waals surface area (Å²) in [4.78, 5) is 15.4. The predicted octanol–water partition coefficient (Wildman–Crippen LogP) is 1.30. The zero-order valence-electron chi connectivity index (χ0n) is 9.62. The Morgan fingerprint density at radius 3 is 2.88 bits per heavy atom. The molecule has 1 saturated heterocycles. The molecule has 16 heavy (non-hydrogen) atoms. The molecule has 4 heteroatoms. The van der Waals surface area contributed by atoms with Crippen LogP contribution < -0.4 is 10.1 Å². The van der Waals surface area contributed by atoms with Crippen LogP contribution in [0.1, 0.15) is 25.3 Å². The fourth-order valence-corrected chi connectivity index (χ4v) is 2.07. The van der Waals surface area contributed by atoms with Gasteiger partial charge in [-0.25, -0.2) is 4.98 Å². The molecule has 0 aliphatic carbocycles. The number of nitrogens with zero attached hydrogens (tertiary/aromatic N) is 1. The van der Waals surface area contributed by atoms with Gasteiger partial charge in [0.1, 0.15) is 0 Å². The highest BCUT2D eigenvalue weighted by molar-refractivity contribution is 5.79. The van der Waals surface area contributed by atoms with Crippen LogP contribution in [0, 0.1) is 0 Å². The first-order valence-electron chi connectivity index (χ1n) is 5.41. The lowest BCUT2D eigenvalue weighted by Gasteiger charge is -2.23. The zero-order chi connectivity index (χ0) is 11.6. The average Bonchev–Trinajstić information content (AvgIpc) is 2.59. The molecular weight excluding hydrogens is 204 g/mol. The molecule has 1 N–H and O–H groups in total. The van der Waals surface area contributed by atoms with Crippen molar-refractivity contribution < 1.29 is 9.53 Å². The van der Waals surface area contributed by atoms with Gasteiger partial charge in [-0.3, -0.25) is 4.79 Å². The molecule has 2 rings (SSSR count). The molecule has 0 aromatic carbocycles. The molecule has 1 fully saturated rings. The van der Waals surface area contributed by atoms with Gasteiger partial charge in [0.25, 0.3) is 0 Å². The maximum absolute atomic E-state index is 11.2. The molecular formula is C12H16N2O2. The summed E-state index contributed by atoms with van der Waals surface area (Å²) in [5.74, 6) is 0.758. The maximum atomic E-state index is 11.2. The van der Waals surface area contributed by atoms with E-state index in [0.29, 0.717) is 12.3 Å². The standard InChI is InChI=1S/C12H16N2O2/c1-12(6-5-10(15)14-12)7-9-3-4-11(16-2)13-8-9/h3-4,8H,5-7H2,1-2H3,(H,14,15). The van der Waals surface area contributed by atoms with Crippen molar-refractivity contribution in [2.75, 3.05) is 7.11 Å². The minimum Gasteiger partial charge on any atom is -0.481 e. The Kier molecular flexibility index (Phi) is 2.81. The van der Waals surface area contributed by atoms with Gasteiger partial charge in [-0.15, -0.1) is 0 Å². The highest BCUT2D eigenvalue weighted by atomic mass is 16.5. The topological polar surface area (TPSA) is 51.2 Å². The van der Waals surface area contributed by atoms with Crippen molar-refractivity contribution in [3.63, 3.8) is 0 Å². The molecule has 1 aliphatic rings. The fourth-order valence-electron chi connectivity index (χ4n) is 2.07. The van der Waals surface area contributed by atoms with Gasteiger partial charge >= 0.3 is 0 Å². The molecule has 86 valence electrons. The van der Waals surface area contributed by atoms with Gasteiger partial charge in [0.2, 0.25) is 11.8 Å². The molecule has 0 radical (unpaired) electrons. The number of carbonyl (C=O) groups is 1. The van der Waals surface area contributed by atoms with Crippen molar-refractivity contribution in [1.82, 2.24) is 10.3 Å². The molecule has 1 amide bonds. The summed E-state index contributed by atoms with van der Waals surface area (Å²) >= 11 is 0. The van der Waals surface area contributed by atoms with Gasteiger partial charge in [0.15, 0.2) is 0 Å². The molecule has 0 spiro atoms. The Balaban J connectivity index is 2.06. The number of methoxy groups -OCH3 is 1. The number of hydrogen-bond donors (Lipinski definition) is 1. The van der Waals surface area contributed by atoms with Crippen molar-refractivity contribution in [3.05, 3.63) is 23.9 Å². The van der Waals surface area contributed by atoms with Crippen molar-refractivity contribution in [3.8, 4) is 5.88 Å². The van der Waals surface area contributed by atoms with Gasteiger partial charge in [0.05, 0.1) is 7.11 Å². The van der Waals surface area contributed by atoms with E-state index in [0.717, 1.165) is 18.4 Å². The molecule has 1 aliphatic heterocycles. The van der Waals surface area contributed by atoms with Crippen LogP contribution in [0.25, 0.3) is 0 Å². The Bertz CT molecular complexity index is 389. The van der Waals surface area contributed by atoms with E-state index in [4.69, 9.17) is 4.74 Å². The second-order valence-corrected chi connectivity index (χ2v) is 4.49. The summed E-state index contributed by atoms with van der Waals surface area (Å²) in [5, 5.41) is 3.01. The molecule has 1 unspecified atom stereocenters. The number of hydrogen-bond acceptors (Lipinski definition) is 3. The van der Waals surface area contributed by atoms with E-state index < -0.39 is 0 Å². The van der Waals surface area contributed by atoms with Gasteiger partial charge in [-0.05, 0) is 25.3 Å².